The molecule has 0 heterocycles. The van der Waals surface area contributed by atoms with Crippen LogP contribution in [0.4, 0.5) is 0 Å². The first kappa shape index (κ1) is 7.39. The molecule has 0 radical (unpaired) electrons. The molecule has 1 heteroatoms. The molecule has 1 unspecified atom stereocenters. The molecule has 1 atom stereocenters. The minimum atomic E-state index is 0.380. The molecule has 0 fully saturated rings. The van der Waals surface area contributed by atoms with E-state index in [1.807, 2.05) is 12.2 Å². The molecule has 0 bridgehead atoms. The van der Waals surface area contributed by atoms with Gasteiger partial charge in [-0.05, 0) is 25.8 Å². The van der Waals surface area contributed by atoms with Crippen LogP contribution in [0.2, 0.25) is 0 Å². The van der Waals surface area contributed by atoms with Gasteiger partial charge in [0.25, 0.3) is 0 Å². The van der Waals surface area contributed by atoms with Crippen LogP contribution in [0.3, 0.4) is 0 Å². The van der Waals surface area contributed by atoms with Gasteiger partial charge in [-0.15, -0.1) is 0 Å². The van der Waals surface area contributed by atoms with Gasteiger partial charge in [-0.25, -0.2) is 0 Å². The van der Waals surface area contributed by atoms with E-state index in [-0.39, 0.29) is 0 Å². The van der Waals surface area contributed by atoms with Crippen LogP contribution >= 0.6 is 0 Å². The molecule has 1 nitrogen and oxygen atoms in total. The van der Waals surface area contributed by atoms with Crippen molar-refractivity contribution in [1.29, 1.82) is 0 Å². The van der Waals surface area contributed by atoms with Gasteiger partial charge in [-0.2, -0.15) is 0 Å². The first-order chi connectivity index (χ1) is 4.74. The van der Waals surface area contributed by atoms with Crippen LogP contribution in [0.1, 0.15) is 26.7 Å². The average molecular weight is 138 g/mol. The van der Waals surface area contributed by atoms with Crippen LogP contribution in [0.5, 0.6) is 0 Å². The topological polar surface area (TPSA) is 20.2 Å². The van der Waals surface area contributed by atoms with Crippen molar-refractivity contribution >= 4 is 0 Å². The van der Waals surface area contributed by atoms with Gasteiger partial charge in [0.1, 0.15) is 0 Å². The molecular formula is C9H14O. The fourth-order valence-corrected chi connectivity index (χ4v) is 1.28. The average Bonchev–Trinajstić information content (AvgIpc) is 1.94. The Balaban J connectivity index is 2.68. The summed E-state index contributed by atoms with van der Waals surface area (Å²) in [4.78, 5) is 0. The summed E-state index contributed by atoms with van der Waals surface area (Å²) in [6.45, 7) is 4.21. The van der Waals surface area contributed by atoms with Gasteiger partial charge in [-0.1, -0.05) is 18.6 Å². The van der Waals surface area contributed by atoms with Gasteiger partial charge in [-0.3, -0.25) is 0 Å². The Morgan fingerprint density at radius 2 is 2.30 bits per heavy atom. The van der Waals surface area contributed by atoms with Crippen molar-refractivity contribution in [1.82, 2.24) is 0 Å². The molecule has 1 N–H and O–H groups in total. The molecular weight excluding hydrogens is 124 g/mol. The van der Waals surface area contributed by atoms with E-state index in [1.165, 1.54) is 5.57 Å². The van der Waals surface area contributed by atoms with Crippen LogP contribution in [0.15, 0.2) is 23.5 Å². The zero-order valence-corrected chi connectivity index (χ0v) is 6.59. The molecule has 0 spiro atoms. The third kappa shape index (κ3) is 1.41. The quantitative estimate of drug-likeness (QED) is 0.590. The number of hydrogen-bond acceptors (Lipinski definition) is 1. The van der Waals surface area contributed by atoms with Crippen molar-refractivity contribution in [2.24, 2.45) is 5.92 Å². The van der Waals surface area contributed by atoms with Crippen LogP contribution in [0, 0.1) is 5.92 Å². The largest absolute Gasteiger partial charge is 0.512 e. The van der Waals surface area contributed by atoms with Crippen LogP contribution in [-0.2, 0) is 0 Å². The van der Waals surface area contributed by atoms with Crippen molar-refractivity contribution in [3.63, 3.8) is 0 Å². The first-order valence-corrected chi connectivity index (χ1v) is 3.80. The zero-order valence-electron chi connectivity index (χ0n) is 6.59. The molecule has 0 saturated carbocycles. The number of allylic oxidation sites excluding steroid dienone is 4. The van der Waals surface area contributed by atoms with Crippen LogP contribution in [0.25, 0.3) is 0 Å². The Morgan fingerprint density at radius 1 is 1.60 bits per heavy atom. The van der Waals surface area contributed by atoms with Crippen LogP contribution in [-0.4, -0.2) is 5.11 Å². The standard InChI is InChI=1S/C9H14O/c1-3-8-6-7(2)4-5-9(8)10/h4-5,8,10H,3,6H2,1-2H3. The predicted octanol–water partition coefficient (Wildman–Crippen LogP) is 2.80. The Kier molecular flexibility index (Phi) is 2.15. The number of rotatable bonds is 1. The molecule has 1 aliphatic rings. The molecule has 56 valence electrons. The lowest BCUT2D eigenvalue weighted by Gasteiger charge is -2.17. The zero-order chi connectivity index (χ0) is 7.56. The van der Waals surface area contributed by atoms with E-state index in [2.05, 4.69) is 13.8 Å². The second-order valence-corrected chi connectivity index (χ2v) is 2.91. The molecule has 0 aliphatic heterocycles. The summed E-state index contributed by atoms with van der Waals surface area (Å²) in [6, 6.07) is 0. The molecule has 1 aliphatic carbocycles. The summed E-state index contributed by atoms with van der Waals surface area (Å²) in [5, 5.41) is 9.30. The summed E-state index contributed by atoms with van der Waals surface area (Å²) in [6.07, 6.45) is 5.86. The van der Waals surface area contributed by atoms with Crippen LogP contribution < -0.4 is 0 Å². The van der Waals surface area contributed by atoms with Crippen molar-refractivity contribution in [3.05, 3.63) is 23.5 Å². The van der Waals surface area contributed by atoms with Gasteiger partial charge in [0, 0.05) is 5.92 Å². The lowest BCUT2D eigenvalue weighted by molar-refractivity contribution is 0.318. The van der Waals surface area contributed by atoms with E-state index < -0.39 is 0 Å². The fraction of sp³-hybridized carbons (Fsp3) is 0.556. The molecule has 1 rings (SSSR count). The van der Waals surface area contributed by atoms with Crippen molar-refractivity contribution in [2.45, 2.75) is 26.7 Å². The highest BCUT2D eigenvalue weighted by molar-refractivity contribution is 5.21. The third-order valence-corrected chi connectivity index (χ3v) is 2.02. The minimum absolute atomic E-state index is 0.380. The third-order valence-electron chi connectivity index (χ3n) is 2.02. The Morgan fingerprint density at radius 3 is 2.80 bits per heavy atom. The monoisotopic (exact) mass is 138 g/mol. The van der Waals surface area contributed by atoms with E-state index in [9.17, 15) is 5.11 Å². The van der Waals surface area contributed by atoms with E-state index in [0.717, 1.165) is 12.8 Å². The highest BCUT2D eigenvalue weighted by atomic mass is 16.3. The lowest BCUT2D eigenvalue weighted by Crippen LogP contribution is -2.06. The normalized spacial score (nSPS) is 25.6. The van der Waals surface area contributed by atoms with E-state index in [4.69, 9.17) is 0 Å². The van der Waals surface area contributed by atoms with Crippen molar-refractivity contribution < 1.29 is 5.11 Å². The van der Waals surface area contributed by atoms with Gasteiger partial charge >= 0.3 is 0 Å². The molecule has 0 aromatic carbocycles. The Hall–Kier alpha value is -0.720. The SMILES string of the molecule is CCC1CC(C)=CC=C1O. The van der Waals surface area contributed by atoms with E-state index in [1.54, 1.807) is 0 Å². The number of aliphatic hydroxyl groups is 1. The summed E-state index contributed by atoms with van der Waals surface area (Å²) in [5.41, 5.74) is 1.37. The highest BCUT2D eigenvalue weighted by Crippen LogP contribution is 2.25. The molecule has 0 aromatic rings. The van der Waals surface area contributed by atoms with E-state index in [0.29, 0.717) is 11.7 Å². The maximum atomic E-state index is 9.30. The van der Waals surface area contributed by atoms with Gasteiger partial charge in [0.2, 0.25) is 0 Å². The lowest BCUT2D eigenvalue weighted by atomic mass is 9.91. The molecule has 0 saturated heterocycles. The highest BCUT2D eigenvalue weighted by Gasteiger charge is 2.13. The fourth-order valence-electron chi connectivity index (χ4n) is 1.28. The second-order valence-electron chi connectivity index (χ2n) is 2.91. The molecule has 10 heavy (non-hydrogen) atoms. The summed E-state index contributed by atoms with van der Waals surface area (Å²) in [5.74, 6) is 0.929. The van der Waals surface area contributed by atoms with Gasteiger partial charge < -0.3 is 5.11 Å². The summed E-state index contributed by atoms with van der Waals surface area (Å²) < 4.78 is 0. The predicted molar refractivity (Wildman–Crippen MR) is 42.9 cm³/mol. The Bertz CT molecular complexity index is 177. The van der Waals surface area contributed by atoms with Gasteiger partial charge in [0.15, 0.2) is 0 Å². The van der Waals surface area contributed by atoms with Gasteiger partial charge in [0.05, 0.1) is 5.76 Å². The maximum Gasteiger partial charge on any atom is 0.0956 e. The Labute approximate surface area is 62.1 Å². The smallest absolute Gasteiger partial charge is 0.0956 e. The minimum Gasteiger partial charge on any atom is -0.512 e. The molecule has 0 aromatic heterocycles. The molecule has 0 amide bonds. The number of aliphatic hydroxyl groups excluding tert-OH is 1. The van der Waals surface area contributed by atoms with Crippen molar-refractivity contribution in [3.8, 4) is 0 Å². The first-order valence-electron chi connectivity index (χ1n) is 3.80. The second kappa shape index (κ2) is 2.91. The van der Waals surface area contributed by atoms with E-state index >= 15 is 0 Å². The summed E-state index contributed by atoms with van der Waals surface area (Å²) >= 11 is 0. The summed E-state index contributed by atoms with van der Waals surface area (Å²) in [7, 11) is 0. The maximum absolute atomic E-state index is 9.30. The van der Waals surface area contributed by atoms with Crippen molar-refractivity contribution in [2.75, 3.05) is 0 Å². The number of hydrogen-bond donors (Lipinski definition) is 1.